The Bertz CT molecular complexity index is 136. The van der Waals surface area contributed by atoms with Crippen LogP contribution in [0.3, 0.4) is 0 Å². The van der Waals surface area contributed by atoms with Crippen LogP contribution in [0.5, 0.6) is 0 Å². The van der Waals surface area contributed by atoms with Crippen molar-refractivity contribution in [2.75, 3.05) is 0 Å². The molecule has 0 aromatic heterocycles. The van der Waals surface area contributed by atoms with Gasteiger partial charge in [0.1, 0.15) is 5.78 Å². The zero-order chi connectivity index (χ0) is 7.02. The molecule has 0 aliphatic heterocycles. The molecule has 1 saturated carbocycles. The summed E-state index contributed by atoms with van der Waals surface area (Å²) in [7, 11) is 0. The molecular weight excluding hydrogens is 202 g/mol. The van der Waals surface area contributed by atoms with E-state index in [2.05, 4.69) is 0 Å². The maximum atomic E-state index is 10.9. The second kappa shape index (κ2) is 4.46. The third-order valence-corrected chi connectivity index (χ3v) is 2.29. The Labute approximate surface area is 110 Å². The van der Waals surface area contributed by atoms with Crippen molar-refractivity contribution in [3.8, 4) is 0 Å². The van der Waals surface area contributed by atoms with Gasteiger partial charge in [-0.15, -0.1) is 6.10 Å². The van der Waals surface area contributed by atoms with E-state index in [0.29, 0.717) is 0 Å². The monoisotopic (exact) mass is 212 g/mol. The van der Waals surface area contributed by atoms with Crippen molar-refractivity contribution in [2.45, 2.75) is 26.4 Å². The second-order valence-electron chi connectivity index (χ2n) is 2.86. The predicted octanol–water partition coefficient (Wildman–Crippen LogP) is -3.04. The molecular formula is C7H11O2Rb. The fourth-order valence-corrected chi connectivity index (χ4v) is 1.19. The first-order valence-electron chi connectivity index (χ1n) is 3.31. The van der Waals surface area contributed by atoms with E-state index < -0.39 is 6.10 Å². The minimum absolute atomic E-state index is 0. The van der Waals surface area contributed by atoms with Gasteiger partial charge in [-0.05, 0) is 12.3 Å². The van der Waals surface area contributed by atoms with E-state index in [1.165, 1.54) is 0 Å². The van der Waals surface area contributed by atoms with Crippen LogP contribution in [0.1, 0.15) is 20.3 Å². The molecule has 52 valence electrons. The molecule has 1 fully saturated rings. The zero-order valence-corrected chi connectivity index (χ0v) is 11.7. The SMILES string of the molecule is CC1C(=O)CC([O-])C1C.[Rb+]. The quantitative estimate of drug-likeness (QED) is 0.429. The molecule has 1 aliphatic rings. The Kier molecular flexibility index (Phi) is 5.10. The van der Waals surface area contributed by atoms with Crippen molar-refractivity contribution < 1.29 is 68.1 Å². The summed E-state index contributed by atoms with van der Waals surface area (Å²) in [6, 6.07) is 0. The maximum absolute atomic E-state index is 10.9. The largest absolute Gasteiger partial charge is 1.00 e. The average molecular weight is 213 g/mol. The van der Waals surface area contributed by atoms with Gasteiger partial charge in [0.05, 0.1) is 0 Å². The van der Waals surface area contributed by atoms with Gasteiger partial charge in [-0.2, -0.15) is 0 Å². The molecule has 0 radical (unpaired) electrons. The first-order valence-corrected chi connectivity index (χ1v) is 3.31. The van der Waals surface area contributed by atoms with Crippen molar-refractivity contribution in [1.82, 2.24) is 0 Å². The van der Waals surface area contributed by atoms with Crippen LogP contribution in [0.2, 0.25) is 0 Å². The smallest absolute Gasteiger partial charge is 0.851 e. The fraction of sp³-hybridized carbons (Fsp3) is 0.857. The van der Waals surface area contributed by atoms with Gasteiger partial charge in [0.15, 0.2) is 0 Å². The maximum Gasteiger partial charge on any atom is 1.00 e. The van der Waals surface area contributed by atoms with Crippen LogP contribution in [-0.2, 0) is 4.79 Å². The Morgan fingerprint density at radius 1 is 1.50 bits per heavy atom. The summed E-state index contributed by atoms with van der Waals surface area (Å²) in [4.78, 5) is 10.8. The molecule has 3 heteroatoms. The van der Waals surface area contributed by atoms with E-state index in [-0.39, 0.29) is 82.2 Å². The van der Waals surface area contributed by atoms with E-state index in [4.69, 9.17) is 0 Å². The van der Waals surface area contributed by atoms with Crippen molar-refractivity contribution >= 4 is 5.78 Å². The normalized spacial score (nSPS) is 39.5. The van der Waals surface area contributed by atoms with Gasteiger partial charge in [0.25, 0.3) is 0 Å². The summed E-state index contributed by atoms with van der Waals surface area (Å²) in [5.74, 6) is 0.201. The number of ketones is 1. The molecule has 3 atom stereocenters. The van der Waals surface area contributed by atoms with Crippen LogP contribution >= 0.6 is 0 Å². The number of carbonyl (C=O) groups is 1. The minimum Gasteiger partial charge on any atom is -0.851 e. The number of rotatable bonds is 0. The van der Waals surface area contributed by atoms with Gasteiger partial charge in [-0.1, -0.05) is 13.8 Å². The van der Waals surface area contributed by atoms with Gasteiger partial charge in [-0.3, -0.25) is 4.79 Å². The van der Waals surface area contributed by atoms with E-state index in [1.807, 2.05) is 13.8 Å². The van der Waals surface area contributed by atoms with Crippen LogP contribution in [0.15, 0.2) is 0 Å². The third-order valence-electron chi connectivity index (χ3n) is 2.29. The standard InChI is InChI=1S/C7H11O2.Rb/c1-4-5(2)7(9)3-6(4)8;/h4-6H,3H2,1-2H3;/q-1;+1. The zero-order valence-electron chi connectivity index (χ0n) is 6.76. The van der Waals surface area contributed by atoms with Gasteiger partial charge in [-0.25, -0.2) is 0 Å². The minimum atomic E-state index is -0.632. The van der Waals surface area contributed by atoms with Crippen molar-refractivity contribution in [3.05, 3.63) is 0 Å². The molecule has 3 unspecified atom stereocenters. The van der Waals surface area contributed by atoms with Crippen LogP contribution in [0, 0.1) is 11.8 Å². The predicted molar refractivity (Wildman–Crippen MR) is 31.7 cm³/mol. The topological polar surface area (TPSA) is 40.1 Å². The fourth-order valence-electron chi connectivity index (χ4n) is 1.19. The Morgan fingerprint density at radius 3 is 2.10 bits per heavy atom. The summed E-state index contributed by atoms with van der Waals surface area (Å²) in [6.45, 7) is 3.69. The van der Waals surface area contributed by atoms with E-state index >= 15 is 0 Å². The molecule has 0 heterocycles. The van der Waals surface area contributed by atoms with Crippen LogP contribution < -0.4 is 63.3 Å². The van der Waals surface area contributed by atoms with E-state index in [0.717, 1.165) is 0 Å². The first-order chi connectivity index (χ1) is 4.13. The third kappa shape index (κ3) is 2.21. The summed E-state index contributed by atoms with van der Waals surface area (Å²) in [6.07, 6.45) is -0.380. The molecule has 1 rings (SSSR count). The van der Waals surface area contributed by atoms with Crippen molar-refractivity contribution in [1.29, 1.82) is 0 Å². The Balaban J connectivity index is 0.000000810. The summed E-state index contributed by atoms with van der Waals surface area (Å²) in [5, 5.41) is 10.9. The Hall–Kier alpha value is 1.44. The molecule has 2 nitrogen and oxygen atoms in total. The second-order valence-corrected chi connectivity index (χ2v) is 2.86. The number of carbonyl (C=O) groups excluding carboxylic acids is 1. The number of Topliss-reactive ketones (excluding diaryl/α,β-unsaturated/α-hetero) is 1. The molecule has 0 aromatic carbocycles. The van der Waals surface area contributed by atoms with E-state index in [1.54, 1.807) is 0 Å². The van der Waals surface area contributed by atoms with Crippen molar-refractivity contribution in [3.63, 3.8) is 0 Å². The van der Waals surface area contributed by atoms with Crippen LogP contribution in [0.25, 0.3) is 0 Å². The van der Waals surface area contributed by atoms with E-state index in [9.17, 15) is 9.90 Å². The number of hydrogen-bond donors (Lipinski definition) is 0. The molecule has 0 bridgehead atoms. The molecule has 0 N–H and O–H groups in total. The first kappa shape index (κ1) is 11.4. The summed E-state index contributed by atoms with van der Waals surface area (Å²) < 4.78 is 0. The van der Waals surface area contributed by atoms with Gasteiger partial charge in [0.2, 0.25) is 0 Å². The summed E-state index contributed by atoms with van der Waals surface area (Å²) >= 11 is 0. The summed E-state index contributed by atoms with van der Waals surface area (Å²) in [5.41, 5.74) is 0. The van der Waals surface area contributed by atoms with Gasteiger partial charge >= 0.3 is 58.2 Å². The van der Waals surface area contributed by atoms with Gasteiger partial charge < -0.3 is 5.11 Å². The Morgan fingerprint density at radius 2 is 2.00 bits per heavy atom. The average Bonchev–Trinajstić information content (AvgIpc) is 1.98. The van der Waals surface area contributed by atoms with Crippen LogP contribution in [-0.4, -0.2) is 11.9 Å². The van der Waals surface area contributed by atoms with Gasteiger partial charge in [0, 0.05) is 5.92 Å². The molecule has 0 spiro atoms. The molecule has 1 aliphatic carbocycles. The number of hydrogen-bond acceptors (Lipinski definition) is 2. The molecule has 0 aromatic rings. The van der Waals surface area contributed by atoms with Crippen molar-refractivity contribution in [2.24, 2.45) is 11.8 Å². The molecule has 0 saturated heterocycles. The molecule has 10 heavy (non-hydrogen) atoms. The van der Waals surface area contributed by atoms with Crippen LogP contribution in [0.4, 0.5) is 0 Å². The molecule has 0 amide bonds.